The highest BCUT2D eigenvalue weighted by molar-refractivity contribution is 9.10. The zero-order valence-electron chi connectivity index (χ0n) is 9.06. The Labute approximate surface area is 105 Å². The topological polar surface area (TPSA) is 37.4 Å². The second-order valence-corrected chi connectivity index (χ2v) is 6.93. The summed E-state index contributed by atoms with van der Waals surface area (Å²) in [5.41, 5.74) is 1.08. The first-order chi connectivity index (χ1) is 7.48. The van der Waals surface area contributed by atoms with Gasteiger partial charge in [-0.2, -0.15) is 4.31 Å². The van der Waals surface area contributed by atoms with Crippen LogP contribution in [0.1, 0.15) is 24.4 Å². The lowest BCUT2D eigenvalue weighted by atomic mass is 10.1. The van der Waals surface area contributed by atoms with E-state index in [1.807, 2.05) is 24.3 Å². The molecule has 16 heavy (non-hydrogen) atoms. The van der Waals surface area contributed by atoms with Crippen LogP contribution in [0.3, 0.4) is 0 Å². The molecule has 0 saturated carbocycles. The molecule has 1 aromatic rings. The standard InChI is InChI=1S/C11H14BrNO2S/c1-16(14,15)13-8-2-3-11(13)9-4-6-10(12)7-5-9/h4-7,11H,2-3,8H2,1H3/t11-/m1/s1. The fourth-order valence-corrected chi connectivity index (χ4v) is 3.57. The number of nitrogens with zero attached hydrogens (tertiary/aromatic N) is 1. The van der Waals surface area contributed by atoms with E-state index in [4.69, 9.17) is 0 Å². The smallest absolute Gasteiger partial charge is 0.211 e. The van der Waals surface area contributed by atoms with Gasteiger partial charge in [-0.25, -0.2) is 8.42 Å². The maximum absolute atomic E-state index is 11.6. The fourth-order valence-electron chi connectivity index (χ4n) is 2.16. The predicted molar refractivity (Wildman–Crippen MR) is 67.7 cm³/mol. The van der Waals surface area contributed by atoms with E-state index in [0.717, 1.165) is 22.9 Å². The summed E-state index contributed by atoms with van der Waals surface area (Å²) in [6, 6.07) is 7.89. The second kappa shape index (κ2) is 4.47. The summed E-state index contributed by atoms with van der Waals surface area (Å²) in [5, 5.41) is 0. The summed E-state index contributed by atoms with van der Waals surface area (Å²) >= 11 is 3.38. The van der Waals surface area contributed by atoms with Gasteiger partial charge in [0.2, 0.25) is 10.0 Å². The van der Waals surface area contributed by atoms with Crippen LogP contribution in [0.2, 0.25) is 0 Å². The Bertz CT molecular complexity index is 469. The first-order valence-electron chi connectivity index (χ1n) is 5.21. The maximum atomic E-state index is 11.6. The summed E-state index contributed by atoms with van der Waals surface area (Å²) < 4.78 is 25.8. The van der Waals surface area contributed by atoms with Gasteiger partial charge in [-0.15, -0.1) is 0 Å². The lowest BCUT2D eigenvalue weighted by molar-refractivity contribution is 0.400. The van der Waals surface area contributed by atoms with Crippen LogP contribution in [0.5, 0.6) is 0 Å². The Balaban J connectivity index is 2.30. The van der Waals surface area contributed by atoms with Crippen LogP contribution in [-0.4, -0.2) is 25.5 Å². The third kappa shape index (κ3) is 2.47. The van der Waals surface area contributed by atoms with Crippen molar-refractivity contribution in [1.82, 2.24) is 4.31 Å². The van der Waals surface area contributed by atoms with E-state index in [-0.39, 0.29) is 6.04 Å². The SMILES string of the molecule is CS(=O)(=O)N1CCC[C@@H]1c1ccc(Br)cc1. The summed E-state index contributed by atoms with van der Waals surface area (Å²) in [6.07, 6.45) is 3.13. The van der Waals surface area contributed by atoms with E-state index in [9.17, 15) is 8.42 Å². The molecule has 2 rings (SSSR count). The summed E-state index contributed by atoms with van der Waals surface area (Å²) in [4.78, 5) is 0. The van der Waals surface area contributed by atoms with Crippen LogP contribution >= 0.6 is 15.9 Å². The van der Waals surface area contributed by atoms with Crippen molar-refractivity contribution in [1.29, 1.82) is 0 Å². The van der Waals surface area contributed by atoms with Gasteiger partial charge in [0.1, 0.15) is 0 Å². The highest BCUT2D eigenvalue weighted by atomic mass is 79.9. The number of hydrogen-bond donors (Lipinski definition) is 0. The van der Waals surface area contributed by atoms with Crippen molar-refractivity contribution in [3.05, 3.63) is 34.3 Å². The van der Waals surface area contributed by atoms with E-state index >= 15 is 0 Å². The minimum absolute atomic E-state index is 0.0168. The van der Waals surface area contributed by atoms with E-state index in [0.29, 0.717) is 6.54 Å². The summed E-state index contributed by atoms with van der Waals surface area (Å²) in [5.74, 6) is 0. The van der Waals surface area contributed by atoms with Gasteiger partial charge >= 0.3 is 0 Å². The largest absolute Gasteiger partial charge is 0.212 e. The van der Waals surface area contributed by atoms with Gasteiger partial charge in [0.05, 0.1) is 6.26 Å². The molecule has 0 amide bonds. The predicted octanol–water partition coefficient (Wildman–Crippen LogP) is 2.55. The van der Waals surface area contributed by atoms with Gasteiger partial charge in [0.25, 0.3) is 0 Å². The van der Waals surface area contributed by atoms with Gasteiger partial charge in [0.15, 0.2) is 0 Å². The third-order valence-corrected chi connectivity index (χ3v) is 4.70. The molecule has 1 aliphatic rings. The van der Waals surface area contributed by atoms with Gasteiger partial charge in [0, 0.05) is 17.1 Å². The number of halogens is 1. The molecule has 1 aromatic carbocycles. The molecule has 3 nitrogen and oxygen atoms in total. The first-order valence-corrected chi connectivity index (χ1v) is 7.85. The number of sulfonamides is 1. The molecule has 0 unspecified atom stereocenters. The second-order valence-electron chi connectivity index (χ2n) is 4.08. The molecule has 88 valence electrons. The Morgan fingerprint density at radius 2 is 1.94 bits per heavy atom. The van der Waals surface area contributed by atoms with Crippen molar-refractivity contribution < 1.29 is 8.42 Å². The first kappa shape index (κ1) is 12.1. The molecular formula is C11H14BrNO2S. The molecule has 0 aliphatic carbocycles. The van der Waals surface area contributed by atoms with Crippen molar-refractivity contribution in [3.63, 3.8) is 0 Å². The zero-order valence-corrected chi connectivity index (χ0v) is 11.5. The lowest BCUT2D eigenvalue weighted by Gasteiger charge is -2.22. The lowest BCUT2D eigenvalue weighted by Crippen LogP contribution is -2.29. The monoisotopic (exact) mass is 303 g/mol. The number of rotatable bonds is 2. The van der Waals surface area contributed by atoms with Crippen LogP contribution in [0.4, 0.5) is 0 Å². The Kier molecular flexibility index (Phi) is 3.37. The average Bonchev–Trinajstić information content (AvgIpc) is 2.66. The van der Waals surface area contributed by atoms with Crippen molar-refractivity contribution >= 4 is 26.0 Å². The van der Waals surface area contributed by atoms with E-state index in [2.05, 4.69) is 15.9 Å². The van der Waals surface area contributed by atoms with E-state index in [1.165, 1.54) is 6.26 Å². The van der Waals surface area contributed by atoms with Crippen molar-refractivity contribution in [3.8, 4) is 0 Å². The van der Waals surface area contributed by atoms with Crippen molar-refractivity contribution in [2.75, 3.05) is 12.8 Å². The molecule has 1 fully saturated rings. The minimum Gasteiger partial charge on any atom is -0.212 e. The third-order valence-electron chi connectivity index (χ3n) is 2.88. The molecule has 0 radical (unpaired) electrons. The molecule has 1 atom stereocenters. The quantitative estimate of drug-likeness (QED) is 0.842. The van der Waals surface area contributed by atoms with Gasteiger partial charge < -0.3 is 0 Å². The molecular weight excluding hydrogens is 290 g/mol. The Morgan fingerprint density at radius 1 is 1.31 bits per heavy atom. The van der Waals surface area contributed by atoms with Crippen LogP contribution < -0.4 is 0 Å². The van der Waals surface area contributed by atoms with Crippen LogP contribution in [0.15, 0.2) is 28.7 Å². The van der Waals surface area contributed by atoms with Gasteiger partial charge in [-0.05, 0) is 30.5 Å². The van der Waals surface area contributed by atoms with E-state index < -0.39 is 10.0 Å². The molecule has 1 aliphatic heterocycles. The molecule has 0 aromatic heterocycles. The fraction of sp³-hybridized carbons (Fsp3) is 0.455. The van der Waals surface area contributed by atoms with Gasteiger partial charge in [-0.3, -0.25) is 0 Å². The summed E-state index contributed by atoms with van der Waals surface area (Å²) in [6.45, 7) is 0.638. The minimum atomic E-state index is -3.09. The molecule has 5 heteroatoms. The zero-order chi connectivity index (χ0) is 11.8. The molecule has 0 N–H and O–H groups in total. The molecule has 0 bridgehead atoms. The number of benzene rings is 1. The van der Waals surface area contributed by atoms with Crippen LogP contribution in [0, 0.1) is 0 Å². The van der Waals surface area contributed by atoms with E-state index in [1.54, 1.807) is 4.31 Å². The highest BCUT2D eigenvalue weighted by Gasteiger charge is 2.32. The maximum Gasteiger partial charge on any atom is 0.211 e. The Morgan fingerprint density at radius 3 is 2.50 bits per heavy atom. The number of hydrogen-bond acceptors (Lipinski definition) is 2. The molecule has 1 heterocycles. The normalized spacial score (nSPS) is 22.5. The van der Waals surface area contributed by atoms with Crippen molar-refractivity contribution in [2.45, 2.75) is 18.9 Å². The highest BCUT2D eigenvalue weighted by Crippen LogP contribution is 2.34. The Hall–Kier alpha value is -0.390. The van der Waals surface area contributed by atoms with Gasteiger partial charge in [-0.1, -0.05) is 28.1 Å². The van der Waals surface area contributed by atoms with Crippen LogP contribution in [-0.2, 0) is 10.0 Å². The molecule has 1 saturated heterocycles. The van der Waals surface area contributed by atoms with Crippen molar-refractivity contribution in [2.24, 2.45) is 0 Å². The van der Waals surface area contributed by atoms with Crippen LogP contribution in [0.25, 0.3) is 0 Å². The average molecular weight is 304 g/mol. The molecule has 0 spiro atoms. The summed E-state index contributed by atoms with van der Waals surface area (Å²) in [7, 11) is -3.09.